The number of hydrogen-bond donors (Lipinski definition) is 1. The maximum Gasteiger partial charge on any atom is 0.0998 e. The van der Waals surface area contributed by atoms with E-state index in [0.29, 0.717) is 18.7 Å². The number of anilines is 1. The molecule has 0 unspecified atom stereocenters. The molecular weight excluding hydrogens is 212 g/mol. The number of aliphatic hydroxyl groups excluding tert-OH is 1. The number of β-amino-alcohol motifs (C(OH)–C–C–N with tert-alkyl or cyclic N) is 1. The van der Waals surface area contributed by atoms with E-state index >= 15 is 0 Å². The van der Waals surface area contributed by atoms with Gasteiger partial charge in [-0.3, -0.25) is 0 Å². The van der Waals surface area contributed by atoms with Crippen LogP contribution in [0.4, 0.5) is 5.69 Å². The number of aliphatic hydroxyl groups is 1. The maximum absolute atomic E-state index is 9.36. The van der Waals surface area contributed by atoms with Crippen molar-refractivity contribution in [1.29, 1.82) is 5.26 Å². The fraction of sp³-hybridized carbons (Fsp3) is 0.214. The van der Waals surface area contributed by atoms with Crippen LogP contribution in [0.25, 0.3) is 10.8 Å². The number of rotatable bonds is 1. The van der Waals surface area contributed by atoms with Crippen molar-refractivity contribution < 1.29 is 5.11 Å². The third kappa shape index (κ3) is 1.54. The lowest BCUT2D eigenvalue weighted by atomic mass is 10.0. The van der Waals surface area contributed by atoms with Crippen LogP contribution >= 0.6 is 0 Å². The van der Waals surface area contributed by atoms with Gasteiger partial charge in [0.25, 0.3) is 0 Å². The highest BCUT2D eigenvalue weighted by atomic mass is 16.3. The third-order valence-corrected chi connectivity index (χ3v) is 3.22. The Kier molecular flexibility index (Phi) is 2.24. The van der Waals surface area contributed by atoms with Crippen LogP contribution in [0.1, 0.15) is 5.56 Å². The molecule has 0 spiro atoms. The first-order valence-corrected chi connectivity index (χ1v) is 5.64. The van der Waals surface area contributed by atoms with Crippen molar-refractivity contribution in [2.45, 2.75) is 6.10 Å². The summed E-state index contributed by atoms with van der Waals surface area (Å²) in [7, 11) is 0. The van der Waals surface area contributed by atoms with Gasteiger partial charge in [0.2, 0.25) is 0 Å². The Morgan fingerprint density at radius 3 is 2.47 bits per heavy atom. The Balaban J connectivity index is 2.18. The average Bonchev–Trinajstić information content (AvgIpc) is 2.34. The van der Waals surface area contributed by atoms with E-state index in [1.807, 2.05) is 36.4 Å². The Bertz CT molecular complexity index is 609. The largest absolute Gasteiger partial charge is 0.389 e. The fourth-order valence-corrected chi connectivity index (χ4v) is 2.31. The maximum atomic E-state index is 9.36. The van der Waals surface area contributed by atoms with E-state index in [0.717, 1.165) is 16.5 Å². The van der Waals surface area contributed by atoms with Gasteiger partial charge in [0, 0.05) is 29.5 Å². The Morgan fingerprint density at radius 1 is 1.12 bits per heavy atom. The summed E-state index contributed by atoms with van der Waals surface area (Å²) in [4.78, 5) is 2.13. The van der Waals surface area contributed by atoms with Crippen LogP contribution in [0.15, 0.2) is 36.4 Å². The van der Waals surface area contributed by atoms with Gasteiger partial charge in [-0.25, -0.2) is 0 Å². The molecule has 0 amide bonds. The zero-order valence-corrected chi connectivity index (χ0v) is 9.30. The molecule has 0 bridgehead atoms. The lowest BCUT2D eigenvalue weighted by molar-refractivity contribution is 0.142. The molecular formula is C14H12N2O. The van der Waals surface area contributed by atoms with Crippen molar-refractivity contribution in [2.75, 3.05) is 18.0 Å². The first-order chi connectivity index (χ1) is 8.29. The SMILES string of the molecule is N#Cc1ccc(N2CC(O)C2)c2ccccc12. The minimum atomic E-state index is -0.218. The number of benzene rings is 2. The molecule has 0 aromatic heterocycles. The normalized spacial score (nSPS) is 15.6. The zero-order valence-electron chi connectivity index (χ0n) is 9.30. The van der Waals surface area contributed by atoms with Crippen molar-refractivity contribution in [3.63, 3.8) is 0 Å². The molecule has 1 aliphatic heterocycles. The average molecular weight is 224 g/mol. The minimum Gasteiger partial charge on any atom is -0.389 e. The first-order valence-electron chi connectivity index (χ1n) is 5.64. The van der Waals surface area contributed by atoms with Gasteiger partial charge in [0.05, 0.1) is 17.7 Å². The highest BCUT2D eigenvalue weighted by Crippen LogP contribution is 2.31. The Hall–Kier alpha value is -2.05. The van der Waals surface area contributed by atoms with Crippen LogP contribution in [-0.2, 0) is 0 Å². The number of fused-ring (bicyclic) bond motifs is 1. The summed E-state index contributed by atoms with van der Waals surface area (Å²) in [6, 6.07) is 13.9. The molecule has 1 N–H and O–H groups in total. The van der Waals surface area contributed by atoms with Crippen LogP contribution < -0.4 is 4.90 Å². The standard InChI is InChI=1S/C14H12N2O/c15-7-10-5-6-14(16-8-11(17)9-16)13-4-2-1-3-12(10)13/h1-6,11,17H,8-9H2. The molecule has 1 heterocycles. The summed E-state index contributed by atoms with van der Waals surface area (Å²) in [5.41, 5.74) is 1.80. The first kappa shape index (κ1) is 10.1. The lowest BCUT2D eigenvalue weighted by Gasteiger charge is -2.38. The van der Waals surface area contributed by atoms with Gasteiger partial charge in [-0.05, 0) is 12.1 Å². The molecule has 0 saturated carbocycles. The molecule has 1 saturated heterocycles. The van der Waals surface area contributed by atoms with Gasteiger partial charge in [-0.15, -0.1) is 0 Å². The number of hydrogen-bond acceptors (Lipinski definition) is 3. The van der Waals surface area contributed by atoms with E-state index < -0.39 is 0 Å². The number of nitrogens with zero attached hydrogens (tertiary/aromatic N) is 2. The van der Waals surface area contributed by atoms with Crippen LogP contribution in [0, 0.1) is 11.3 Å². The second-order valence-electron chi connectivity index (χ2n) is 4.35. The molecule has 3 heteroatoms. The quantitative estimate of drug-likeness (QED) is 0.804. The molecule has 1 aliphatic rings. The Morgan fingerprint density at radius 2 is 1.82 bits per heavy atom. The van der Waals surface area contributed by atoms with Crippen molar-refractivity contribution >= 4 is 16.5 Å². The summed E-state index contributed by atoms with van der Waals surface area (Å²) < 4.78 is 0. The predicted octanol–water partition coefficient (Wildman–Crippen LogP) is 1.89. The summed E-state index contributed by atoms with van der Waals surface area (Å²) in [6.45, 7) is 1.35. The van der Waals surface area contributed by atoms with Gasteiger partial charge < -0.3 is 10.0 Å². The fourth-order valence-electron chi connectivity index (χ4n) is 2.31. The van der Waals surface area contributed by atoms with Crippen LogP contribution in [0.5, 0.6) is 0 Å². The van der Waals surface area contributed by atoms with E-state index in [9.17, 15) is 5.11 Å². The van der Waals surface area contributed by atoms with Crippen molar-refractivity contribution in [2.24, 2.45) is 0 Å². The summed E-state index contributed by atoms with van der Waals surface area (Å²) in [5, 5.41) is 20.5. The topological polar surface area (TPSA) is 47.3 Å². The zero-order chi connectivity index (χ0) is 11.8. The van der Waals surface area contributed by atoms with E-state index in [1.165, 1.54) is 0 Å². The lowest BCUT2D eigenvalue weighted by Crippen LogP contribution is -2.50. The predicted molar refractivity (Wildman–Crippen MR) is 66.9 cm³/mol. The second kappa shape index (κ2) is 3.76. The van der Waals surface area contributed by atoms with Crippen LogP contribution in [0.2, 0.25) is 0 Å². The summed E-state index contributed by atoms with van der Waals surface area (Å²) >= 11 is 0. The molecule has 2 aromatic rings. The third-order valence-electron chi connectivity index (χ3n) is 3.22. The summed E-state index contributed by atoms with van der Waals surface area (Å²) in [5.74, 6) is 0. The van der Waals surface area contributed by atoms with E-state index in [4.69, 9.17) is 5.26 Å². The van der Waals surface area contributed by atoms with Crippen molar-refractivity contribution in [1.82, 2.24) is 0 Å². The molecule has 0 radical (unpaired) electrons. The van der Waals surface area contributed by atoms with Gasteiger partial charge in [-0.1, -0.05) is 24.3 Å². The monoisotopic (exact) mass is 224 g/mol. The molecule has 1 fully saturated rings. The second-order valence-corrected chi connectivity index (χ2v) is 4.35. The molecule has 3 nitrogen and oxygen atoms in total. The highest BCUT2D eigenvalue weighted by molar-refractivity contribution is 5.98. The van der Waals surface area contributed by atoms with Gasteiger partial charge in [0.1, 0.15) is 0 Å². The van der Waals surface area contributed by atoms with E-state index in [2.05, 4.69) is 11.0 Å². The Labute approximate surface area is 99.5 Å². The van der Waals surface area contributed by atoms with Crippen LogP contribution in [-0.4, -0.2) is 24.3 Å². The van der Waals surface area contributed by atoms with E-state index in [-0.39, 0.29) is 6.10 Å². The van der Waals surface area contributed by atoms with Crippen molar-refractivity contribution in [3.05, 3.63) is 42.0 Å². The minimum absolute atomic E-state index is 0.218. The molecule has 0 aliphatic carbocycles. The van der Waals surface area contributed by atoms with Gasteiger partial charge in [0.15, 0.2) is 0 Å². The van der Waals surface area contributed by atoms with Crippen LogP contribution in [0.3, 0.4) is 0 Å². The molecule has 17 heavy (non-hydrogen) atoms. The highest BCUT2D eigenvalue weighted by Gasteiger charge is 2.25. The molecule has 84 valence electrons. The van der Waals surface area contributed by atoms with Crippen molar-refractivity contribution in [3.8, 4) is 6.07 Å². The smallest absolute Gasteiger partial charge is 0.0998 e. The number of nitriles is 1. The molecule has 3 rings (SSSR count). The molecule has 0 atom stereocenters. The van der Waals surface area contributed by atoms with E-state index in [1.54, 1.807) is 0 Å². The summed E-state index contributed by atoms with van der Waals surface area (Å²) in [6.07, 6.45) is -0.218. The van der Waals surface area contributed by atoms with Gasteiger partial charge in [-0.2, -0.15) is 5.26 Å². The molecule has 2 aromatic carbocycles. The van der Waals surface area contributed by atoms with Gasteiger partial charge >= 0.3 is 0 Å².